The molecule has 1 heterocycles. The molecule has 5 amide bonds. The Balaban J connectivity index is 1.52. The largest absolute Gasteiger partial charge is 0.363 e. The molecular weight excluding hydrogens is 542 g/mol. The molecule has 41 heavy (non-hydrogen) atoms. The molecule has 230 valence electrons. The first-order valence-corrected chi connectivity index (χ1v) is 16.5. The second kappa shape index (κ2) is 11.8. The van der Waals surface area contributed by atoms with Gasteiger partial charge in [-0.1, -0.05) is 66.7 Å². The standard InChI is InChI=1S/C30H49N5O5S/c1-28(2,3)23(33-27(40)34-30(16-41-6)12-8-7-9-13-30)26(39)35-15-18-20(29(18,4)5)21(35)25(38)32-19(14-17-10-11-17)22(36)24(31)37/h17-21,23H,7-16H2,1-6H3,(H2,31,37)(H,32,38)(H2,33,34,40)/t18-,19?,20-,21-,23+/m0/s1. The molecular formula is C30H49N5O5S. The van der Waals surface area contributed by atoms with Gasteiger partial charge in [0.1, 0.15) is 12.1 Å². The normalized spacial score (nSPS) is 27.7. The number of likely N-dealkylation sites (tertiary alicyclic amines) is 1. The van der Waals surface area contributed by atoms with E-state index in [2.05, 4.69) is 29.8 Å². The minimum Gasteiger partial charge on any atom is -0.363 e. The summed E-state index contributed by atoms with van der Waals surface area (Å²) in [4.78, 5) is 67.2. The summed E-state index contributed by atoms with van der Waals surface area (Å²) in [6.45, 7) is 10.3. The number of hydrogen-bond acceptors (Lipinski definition) is 6. The van der Waals surface area contributed by atoms with E-state index in [9.17, 15) is 24.0 Å². The number of hydrogen-bond donors (Lipinski definition) is 4. The number of carbonyl (C=O) groups is 5. The van der Waals surface area contributed by atoms with Crippen molar-refractivity contribution in [2.45, 2.75) is 110 Å². The van der Waals surface area contributed by atoms with Crippen molar-refractivity contribution < 1.29 is 24.0 Å². The highest BCUT2D eigenvalue weighted by atomic mass is 32.2. The molecule has 10 nitrogen and oxygen atoms in total. The van der Waals surface area contributed by atoms with E-state index in [-0.39, 0.29) is 40.6 Å². The van der Waals surface area contributed by atoms with Gasteiger partial charge in [0, 0.05) is 12.3 Å². The lowest BCUT2D eigenvalue weighted by atomic mass is 9.83. The maximum absolute atomic E-state index is 14.2. The third kappa shape index (κ3) is 6.86. The summed E-state index contributed by atoms with van der Waals surface area (Å²) in [5.74, 6) is -1.46. The Morgan fingerprint density at radius 2 is 1.66 bits per heavy atom. The van der Waals surface area contributed by atoms with Gasteiger partial charge in [-0.2, -0.15) is 11.8 Å². The molecule has 11 heteroatoms. The van der Waals surface area contributed by atoms with Crippen molar-refractivity contribution in [3.63, 3.8) is 0 Å². The van der Waals surface area contributed by atoms with Gasteiger partial charge in [-0.3, -0.25) is 19.2 Å². The van der Waals surface area contributed by atoms with Gasteiger partial charge in [-0.15, -0.1) is 0 Å². The zero-order valence-electron chi connectivity index (χ0n) is 25.5. The van der Waals surface area contributed by atoms with E-state index in [1.807, 2.05) is 27.0 Å². The number of urea groups is 1. The molecule has 1 unspecified atom stereocenters. The summed E-state index contributed by atoms with van der Waals surface area (Å²) >= 11 is 1.71. The number of fused-ring (bicyclic) bond motifs is 1. The van der Waals surface area contributed by atoms with Gasteiger partial charge in [-0.05, 0) is 54.1 Å². The molecule has 0 aromatic heterocycles. The molecule has 0 radical (unpaired) electrons. The monoisotopic (exact) mass is 591 g/mol. The van der Waals surface area contributed by atoms with Crippen molar-refractivity contribution in [1.82, 2.24) is 20.9 Å². The van der Waals surface area contributed by atoms with Gasteiger partial charge < -0.3 is 26.6 Å². The molecule has 3 aliphatic carbocycles. The highest BCUT2D eigenvalue weighted by Gasteiger charge is 2.70. The van der Waals surface area contributed by atoms with Crippen LogP contribution in [0.5, 0.6) is 0 Å². The summed E-state index contributed by atoms with van der Waals surface area (Å²) in [7, 11) is 0. The van der Waals surface area contributed by atoms with E-state index in [0.29, 0.717) is 13.0 Å². The molecule has 3 saturated carbocycles. The maximum atomic E-state index is 14.2. The molecule has 1 aliphatic heterocycles. The van der Waals surface area contributed by atoms with Gasteiger partial charge in [0.25, 0.3) is 5.91 Å². The van der Waals surface area contributed by atoms with E-state index < -0.39 is 41.1 Å². The molecule has 1 saturated heterocycles. The Kier molecular flexibility index (Phi) is 9.08. The molecule has 4 fully saturated rings. The number of carbonyl (C=O) groups excluding carboxylic acids is 5. The minimum atomic E-state index is -1.07. The highest BCUT2D eigenvalue weighted by molar-refractivity contribution is 7.98. The molecule has 5 atom stereocenters. The fourth-order valence-corrected chi connectivity index (χ4v) is 8.11. The van der Waals surface area contributed by atoms with E-state index in [4.69, 9.17) is 5.73 Å². The number of nitrogens with one attached hydrogen (secondary N) is 3. The van der Waals surface area contributed by atoms with Gasteiger partial charge in [0.15, 0.2) is 0 Å². The lowest BCUT2D eigenvalue weighted by Crippen LogP contribution is -2.63. The van der Waals surface area contributed by atoms with Crippen LogP contribution < -0.4 is 21.7 Å². The van der Waals surface area contributed by atoms with E-state index >= 15 is 0 Å². The van der Waals surface area contributed by atoms with Crippen molar-refractivity contribution in [1.29, 1.82) is 0 Å². The first-order chi connectivity index (χ1) is 19.1. The van der Waals surface area contributed by atoms with Crippen LogP contribution in [0.15, 0.2) is 0 Å². The summed E-state index contributed by atoms with van der Waals surface area (Å²) in [5, 5.41) is 9.00. The Labute approximate surface area is 248 Å². The predicted molar refractivity (Wildman–Crippen MR) is 159 cm³/mol. The van der Waals surface area contributed by atoms with Gasteiger partial charge >= 0.3 is 6.03 Å². The highest BCUT2D eigenvalue weighted by Crippen LogP contribution is 2.65. The van der Waals surface area contributed by atoms with Crippen LogP contribution in [0.25, 0.3) is 0 Å². The molecule has 0 spiro atoms. The smallest absolute Gasteiger partial charge is 0.315 e. The molecule has 0 bridgehead atoms. The second-order valence-corrected chi connectivity index (χ2v) is 15.4. The fraction of sp³-hybridized carbons (Fsp3) is 0.833. The number of rotatable bonds is 11. The third-order valence-electron chi connectivity index (χ3n) is 9.90. The average Bonchev–Trinajstić information content (AvgIpc) is 3.73. The van der Waals surface area contributed by atoms with Crippen LogP contribution in [0.1, 0.15) is 86.0 Å². The van der Waals surface area contributed by atoms with Gasteiger partial charge in [0.2, 0.25) is 17.6 Å². The summed E-state index contributed by atoms with van der Waals surface area (Å²) in [6.07, 6.45) is 9.41. The first kappa shape index (κ1) is 31.6. The van der Waals surface area contributed by atoms with Gasteiger partial charge in [0.05, 0.1) is 11.6 Å². The fourth-order valence-electron chi connectivity index (χ4n) is 7.19. The van der Waals surface area contributed by atoms with Crippen LogP contribution in [0.4, 0.5) is 4.79 Å². The van der Waals surface area contributed by atoms with Crippen LogP contribution in [0.2, 0.25) is 0 Å². The maximum Gasteiger partial charge on any atom is 0.315 e. The zero-order valence-corrected chi connectivity index (χ0v) is 26.3. The number of primary amides is 1. The van der Waals surface area contributed by atoms with E-state index in [0.717, 1.165) is 50.7 Å². The quantitative estimate of drug-likeness (QED) is 0.271. The van der Waals surface area contributed by atoms with E-state index in [1.165, 1.54) is 0 Å². The molecule has 0 aromatic carbocycles. The van der Waals surface area contributed by atoms with Crippen molar-refractivity contribution in [3.8, 4) is 0 Å². The second-order valence-electron chi connectivity index (χ2n) is 14.5. The zero-order chi connectivity index (χ0) is 30.3. The van der Waals surface area contributed by atoms with Crippen molar-refractivity contribution in [2.75, 3.05) is 18.6 Å². The Morgan fingerprint density at radius 3 is 2.20 bits per heavy atom. The number of nitrogens with two attached hydrogens (primary N) is 1. The van der Waals surface area contributed by atoms with Crippen LogP contribution in [-0.4, -0.2) is 76.7 Å². The molecule has 0 aromatic rings. The van der Waals surface area contributed by atoms with Crippen LogP contribution in [-0.2, 0) is 19.2 Å². The lowest BCUT2D eigenvalue weighted by molar-refractivity contribution is -0.145. The Bertz CT molecular complexity index is 1060. The van der Waals surface area contributed by atoms with Crippen molar-refractivity contribution in [3.05, 3.63) is 0 Å². The number of ketones is 1. The number of piperidine rings is 1. The number of Topliss-reactive ketones (excluding diaryl/α,β-unsaturated/α-hetero) is 1. The molecule has 4 aliphatic rings. The van der Waals surface area contributed by atoms with Gasteiger partial charge in [-0.25, -0.2) is 4.79 Å². The molecule has 5 N–H and O–H groups in total. The minimum absolute atomic E-state index is 0.0711. The van der Waals surface area contributed by atoms with E-state index in [1.54, 1.807) is 16.7 Å². The Morgan fingerprint density at radius 1 is 1.02 bits per heavy atom. The summed E-state index contributed by atoms with van der Waals surface area (Å²) in [5.41, 5.74) is 4.25. The number of thioether (sulfide) groups is 1. The SMILES string of the molecule is CSCC1(NC(=O)N[C@H](C(=O)N2C[C@H]3[C@@H]([C@H]2C(=O)NC(CC2CC2)C(=O)C(N)=O)C3(C)C)C(C)(C)C)CCCCC1. The lowest BCUT2D eigenvalue weighted by Gasteiger charge is -2.40. The number of nitrogens with zero attached hydrogens (tertiary/aromatic N) is 1. The summed E-state index contributed by atoms with van der Waals surface area (Å²) in [6, 6.07) is -3.00. The predicted octanol–water partition coefficient (Wildman–Crippen LogP) is 2.59. The molecule has 4 rings (SSSR count). The topological polar surface area (TPSA) is 151 Å². The summed E-state index contributed by atoms with van der Waals surface area (Å²) < 4.78 is 0. The third-order valence-corrected chi connectivity index (χ3v) is 10.7. The van der Waals surface area contributed by atoms with Crippen LogP contribution in [0, 0.1) is 28.6 Å². The van der Waals surface area contributed by atoms with Crippen LogP contribution in [0.3, 0.4) is 0 Å². The average molecular weight is 592 g/mol. The Hall–Kier alpha value is -2.30. The number of amides is 5. The first-order valence-electron chi connectivity index (χ1n) is 15.1. The van der Waals surface area contributed by atoms with Crippen molar-refractivity contribution >= 4 is 41.3 Å². The van der Waals surface area contributed by atoms with Crippen LogP contribution >= 0.6 is 11.8 Å². The van der Waals surface area contributed by atoms with Crippen molar-refractivity contribution in [2.24, 2.45) is 34.3 Å².